The largest absolute Gasteiger partial charge is 0.378 e. The second-order valence-corrected chi connectivity index (χ2v) is 5.08. The molecule has 104 valence electrons. The molecule has 2 aliphatic rings. The lowest BCUT2D eigenvalue weighted by Gasteiger charge is -2.32. The molecule has 0 atom stereocenters. The molecule has 0 spiro atoms. The smallest absolute Gasteiger partial charge is 0.236 e. The number of nitrogens with zero attached hydrogens (tertiary/aromatic N) is 2. The number of piperidine rings is 1. The van der Waals surface area contributed by atoms with Crippen molar-refractivity contribution in [2.75, 3.05) is 52.5 Å². The van der Waals surface area contributed by atoms with Crippen molar-refractivity contribution >= 4 is 5.91 Å². The number of hydrogen-bond donors (Lipinski definition) is 1. The van der Waals surface area contributed by atoms with Gasteiger partial charge in [0.1, 0.15) is 0 Å². The maximum absolute atomic E-state index is 12.0. The number of nitrogens with one attached hydrogen (secondary N) is 1. The molecule has 0 bridgehead atoms. The summed E-state index contributed by atoms with van der Waals surface area (Å²) in [6.07, 6.45) is 2.31. The maximum Gasteiger partial charge on any atom is 0.236 e. The molecular formula is C13H25N3O2. The van der Waals surface area contributed by atoms with Crippen LogP contribution in [0, 0.1) is 0 Å². The van der Waals surface area contributed by atoms with E-state index in [0.717, 1.165) is 45.6 Å². The van der Waals surface area contributed by atoms with E-state index in [1.165, 1.54) is 0 Å². The van der Waals surface area contributed by atoms with Gasteiger partial charge in [-0.1, -0.05) is 6.92 Å². The first-order valence-corrected chi connectivity index (χ1v) is 7.11. The van der Waals surface area contributed by atoms with Crippen LogP contribution in [-0.2, 0) is 9.53 Å². The van der Waals surface area contributed by atoms with E-state index in [-0.39, 0.29) is 5.91 Å². The van der Waals surface area contributed by atoms with Crippen LogP contribution in [0.15, 0.2) is 0 Å². The minimum atomic E-state index is 0.219. The van der Waals surface area contributed by atoms with Gasteiger partial charge >= 0.3 is 0 Å². The molecular weight excluding hydrogens is 230 g/mol. The Morgan fingerprint density at radius 1 is 1.22 bits per heavy atom. The summed E-state index contributed by atoms with van der Waals surface area (Å²) in [5.74, 6) is 0.219. The van der Waals surface area contributed by atoms with E-state index in [1.54, 1.807) is 0 Å². The number of rotatable bonds is 4. The third-order valence-corrected chi connectivity index (χ3v) is 3.94. The Morgan fingerprint density at radius 3 is 2.50 bits per heavy atom. The number of ether oxygens (including phenoxy) is 1. The van der Waals surface area contributed by atoms with Gasteiger partial charge in [0.15, 0.2) is 0 Å². The van der Waals surface area contributed by atoms with Crippen LogP contribution in [0.25, 0.3) is 0 Å². The Balaban J connectivity index is 1.63. The first-order valence-electron chi connectivity index (χ1n) is 7.11. The summed E-state index contributed by atoms with van der Waals surface area (Å²) < 4.78 is 5.25. The van der Waals surface area contributed by atoms with E-state index in [9.17, 15) is 4.79 Å². The van der Waals surface area contributed by atoms with E-state index in [0.29, 0.717) is 25.8 Å². The zero-order chi connectivity index (χ0) is 12.8. The summed E-state index contributed by atoms with van der Waals surface area (Å²) in [6, 6.07) is 0.512. The zero-order valence-electron chi connectivity index (χ0n) is 11.4. The summed E-state index contributed by atoms with van der Waals surface area (Å²) in [6.45, 7) is 8.98. The van der Waals surface area contributed by atoms with Crippen LogP contribution in [-0.4, -0.2) is 74.2 Å². The van der Waals surface area contributed by atoms with E-state index < -0.39 is 0 Å². The molecule has 18 heavy (non-hydrogen) atoms. The van der Waals surface area contributed by atoms with Gasteiger partial charge in [0, 0.05) is 19.1 Å². The van der Waals surface area contributed by atoms with Crippen LogP contribution >= 0.6 is 0 Å². The molecule has 0 saturated carbocycles. The number of hydrogen-bond acceptors (Lipinski definition) is 4. The Labute approximate surface area is 109 Å². The van der Waals surface area contributed by atoms with Gasteiger partial charge < -0.3 is 19.9 Å². The van der Waals surface area contributed by atoms with Crippen LogP contribution in [0.4, 0.5) is 0 Å². The molecule has 2 rings (SSSR count). The molecule has 2 saturated heterocycles. The molecule has 2 fully saturated rings. The third kappa shape index (κ3) is 3.93. The predicted molar refractivity (Wildman–Crippen MR) is 70.5 cm³/mol. The van der Waals surface area contributed by atoms with Gasteiger partial charge in [0.2, 0.25) is 5.91 Å². The average Bonchev–Trinajstić information content (AvgIpc) is 2.46. The molecule has 2 aliphatic heterocycles. The number of carbonyl (C=O) groups excluding carboxylic acids is 1. The lowest BCUT2D eigenvalue weighted by Crippen LogP contribution is -2.48. The van der Waals surface area contributed by atoms with Crippen molar-refractivity contribution in [2.24, 2.45) is 0 Å². The minimum Gasteiger partial charge on any atom is -0.378 e. The second kappa shape index (κ2) is 7.07. The fraction of sp³-hybridized carbons (Fsp3) is 0.923. The number of carbonyl (C=O) groups is 1. The molecule has 0 aliphatic carbocycles. The molecule has 1 N–H and O–H groups in total. The highest BCUT2D eigenvalue weighted by molar-refractivity contribution is 5.78. The molecule has 5 heteroatoms. The topological polar surface area (TPSA) is 44.8 Å². The van der Waals surface area contributed by atoms with Crippen molar-refractivity contribution in [3.8, 4) is 0 Å². The number of likely N-dealkylation sites (tertiary alicyclic amines) is 1. The Morgan fingerprint density at radius 2 is 1.89 bits per heavy atom. The van der Waals surface area contributed by atoms with E-state index in [4.69, 9.17) is 4.74 Å². The third-order valence-electron chi connectivity index (χ3n) is 3.94. The van der Waals surface area contributed by atoms with Gasteiger partial charge in [-0.3, -0.25) is 4.79 Å². The minimum absolute atomic E-state index is 0.219. The highest BCUT2D eigenvalue weighted by atomic mass is 16.5. The van der Waals surface area contributed by atoms with Crippen molar-refractivity contribution in [1.29, 1.82) is 0 Å². The van der Waals surface area contributed by atoms with E-state index in [1.807, 2.05) is 4.90 Å². The molecule has 0 radical (unpaired) electrons. The highest BCUT2D eigenvalue weighted by Gasteiger charge is 2.20. The number of amides is 1. The summed E-state index contributed by atoms with van der Waals surface area (Å²) >= 11 is 0. The monoisotopic (exact) mass is 255 g/mol. The van der Waals surface area contributed by atoms with Crippen molar-refractivity contribution in [3.05, 3.63) is 0 Å². The Kier molecular flexibility index (Phi) is 5.41. The average molecular weight is 255 g/mol. The molecule has 5 nitrogen and oxygen atoms in total. The fourth-order valence-corrected chi connectivity index (χ4v) is 2.61. The van der Waals surface area contributed by atoms with E-state index in [2.05, 4.69) is 17.1 Å². The normalized spacial score (nSPS) is 23.3. The zero-order valence-corrected chi connectivity index (χ0v) is 11.4. The standard InChI is InChI=1S/C13H25N3O2/c1-2-15-5-3-12(4-6-15)14-11-13(17)16-7-9-18-10-8-16/h12,14H,2-11H2,1H3. The maximum atomic E-state index is 12.0. The van der Waals surface area contributed by atoms with E-state index >= 15 is 0 Å². The second-order valence-electron chi connectivity index (χ2n) is 5.08. The predicted octanol–water partition coefficient (Wildman–Crippen LogP) is -0.0809. The molecule has 2 heterocycles. The molecule has 0 aromatic rings. The van der Waals surface area contributed by atoms with Crippen LogP contribution in [0.5, 0.6) is 0 Å². The van der Waals surface area contributed by atoms with Crippen LogP contribution < -0.4 is 5.32 Å². The van der Waals surface area contributed by atoms with Gasteiger partial charge in [0.05, 0.1) is 19.8 Å². The molecule has 0 aromatic heterocycles. The van der Waals surface area contributed by atoms with Crippen molar-refractivity contribution in [3.63, 3.8) is 0 Å². The summed E-state index contributed by atoms with van der Waals surface area (Å²) in [7, 11) is 0. The molecule has 1 amide bonds. The van der Waals surface area contributed by atoms with Gasteiger partial charge in [-0.05, 0) is 32.5 Å². The number of morpholine rings is 1. The summed E-state index contributed by atoms with van der Waals surface area (Å²) in [5.41, 5.74) is 0. The van der Waals surface area contributed by atoms with Crippen molar-refractivity contribution in [2.45, 2.75) is 25.8 Å². The Bertz CT molecular complexity index is 259. The lowest BCUT2D eigenvalue weighted by atomic mass is 10.1. The quantitative estimate of drug-likeness (QED) is 0.763. The van der Waals surface area contributed by atoms with Crippen LogP contribution in [0.2, 0.25) is 0 Å². The van der Waals surface area contributed by atoms with Crippen LogP contribution in [0.1, 0.15) is 19.8 Å². The van der Waals surface area contributed by atoms with Gasteiger partial charge in [-0.25, -0.2) is 0 Å². The molecule has 0 aromatic carbocycles. The summed E-state index contributed by atoms with van der Waals surface area (Å²) in [5, 5.41) is 3.40. The van der Waals surface area contributed by atoms with Crippen molar-refractivity contribution < 1.29 is 9.53 Å². The fourth-order valence-electron chi connectivity index (χ4n) is 2.61. The van der Waals surface area contributed by atoms with Crippen LogP contribution in [0.3, 0.4) is 0 Å². The Hall–Kier alpha value is -0.650. The highest BCUT2D eigenvalue weighted by Crippen LogP contribution is 2.09. The van der Waals surface area contributed by atoms with Gasteiger partial charge in [-0.2, -0.15) is 0 Å². The van der Waals surface area contributed by atoms with Crippen molar-refractivity contribution in [1.82, 2.24) is 15.1 Å². The first-order chi connectivity index (χ1) is 8.79. The molecule has 0 unspecified atom stereocenters. The van der Waals surface area contributed by atoms with Gasteiger partial charge in [0.25, 0.3) is 0 Å². The summed E-state index contributed by atoms with van der Waals surface area (Å²) in [4.78, 5) is 16.3. The first kappa shape index (κ1) is 13.8. The van der Waals surface area contributed by atoms with Gasteiger partial charge in [-0.15, -0.1) is 0 Å². The SMILES string of the molecule is CCN1CCC(NCC(=O)N2CCOCC2)CC1. The lowest BCUT2D eigenvalue weighted by molar-refractivity contribution is -0.134.